The first-order chi connectivity index (χ1) is 6.25. The Hall–Kier alpha value is -0.940. The van der Waals surface area contributed by atoms with E-state index >= 15 is 0 Å². The first kappa shape index (κ1) is 10.1. The maximum Gasteiger partial charge on any atom is 0.249 e. The SMILES string of the molecule is C#CCNC(=O)C1=C(Cl)CCCC1. The number of nitrogens with one attached hydrogen (secondary N) is 1. The highest BCUT2D eigenvalue weighted by atomic mass is 35.5. The molecule has 0 aromatic heterocycles. The molecule has 1 amide bonds. The molecule has 1 aliphatic rings. The zero-order valence-corrected chi connectivity index (χ0v) is 8.16. The van der Waals surface area contributed by atoms with Crippen molar-refractivity contribution in [3.05, 3.63) is 10.6 Å². The summed E-state index contributed by atoms with van der Waals surface area (Å²) in [4.78, 5) is 11.4. The molecule has 0 saturated heterocycles. The summed E-state index contributed by atoms with van der Waals surface area (Å²) >= 11 is 5.92. The first-order valence-electron chi connectivity index (χ1n) is 4.35. The van der Waals surface area contributed by atoms with Gasteiger partial charge in [0.15, 0.2) is 0 Å². The van der Waals surface area contributed by atoms with Crippen LogP contribution in [0.1, 0.15) is 25.7 Å². The van der Waals surface area contributed by atoms with Crippen LogP contribution in [0.15, 0.2) is 10.6 Å². The van der Waals surface area contributed by atoms with E-state index in [2.05, 4.69) is 11.2 Å². The van der Waals surface area contributed by atoms with Gasteiger partial charge in [0.25, 0.3) is 0 Å². The summed E-state index contributed by atoms with van der Waals surface area (Å²) in [6.45, 7) is 0.270. The van der Waals surface area contributed by atoms with Crippen LogP contribution in [0.2, 0.25) is 0 Å². The lowest BCUT2D eigenvalue weighted by atomic mass is 9.99. The molecule has 0 aliphatic heterocycles. The Kier molecular flexibility index (Phi) is 3.85. The number of allylic oxidation sites excluding steroid dienone is 1. The molecule has 0 aromatic carbocycles. The minimum atomic E-state index is -0.109. The molecular formula is C10H12ClNO. The molecular weight excluding hydrogens is 186 g/mol. The van der Waals surface area contributed by atoms with E-state index in [1.807, 2.05) is 0 Å². The van der Waals surface area contributed by atoms with Crippen LogP contribution < -0.4 is 5.32 Å². The van der Waals surface area contributed by atoms with Crippen molar-refractivity contribution in [2.45, 2.75) is 25.7 Å². The van der Waals surface area contributed by atoms with E-state index in [0.717, 1.165) is 25.7 Å². The molecule has 0 atom stereocenters. The smallest absolute Gasteiger partial charge is 0.249 e. The minimum Gasteiger partial charge on any atom is -0.341 e. The van der Waals surface area contributed by atoms with Gasteiger partial charge in [-0.3, -0.25) is 4.79 Å². The zero-order valence-electron chi connectivity index (χ0n) is 7.40. The summed E-state index contributed by atoms with van der Waals surface area (Å²) in [6.07, 6.45) is 8.73. The number of rotatable bonds is 2. The summed E-state index contributed by atoms with van der Waals surface area (Å²) in [5, 5.41) is 3.31. The third-order valence-corrected chi connectivity index (χ3v) is 2.44. The third kappa shape index (κ3) is 2.78. The maximum absolute atomic E-state index is 11.4. The van der Waals surface area contributed by atoms with Crippen LogP contribution in [0.4, 0.5) is 0 Å². The normalized spacial score (nSPS) is 16.6. The number of halogens is 1. The second-order valence-corrected chi connectivity index (χ2v) is 3.43. The molecule has 2 nitrogen and oxygen atoms in total. The lowest BCUT2D eigenvalue weighted by Crippen LogP contribution is -2.26. The number of hydrogen-bond acceptors (Lipinski definition) is 1. The van der Waals surface area contributed by atoms with Crippen LogP contribution in [0.5, 0.6) is 0 Å². The Labute approximate surface area is 83.3 Å². The Bertz CT molecular complexity index is 275. The number of amides is 1. The van der Waals surface area contributed by atoms with E-state index in [9.17, 15) is 4.79 Å². The lowest BCUT2D eigenvalue weighted by Gasteiger charge is -2.14. The summed E-state index contributed by atoms with van der Waals surface area (Å²) in [5.41, 5.74) is 0.711. The fourth-order valence-electron chi connectivity index (χ4n) is 1.34. The molecule has 3 heteroatoms. The van der Waals surface area contributed by atoms with Crippen molar-refractivity contribution < 1.29 is 4.79 Å². The van der Waals surface area contributed by atoms with Gasteiger partial charge < -0.3 is 5.32 Å². The van der Waals surface area contributed by atoms with Gasteiger partial charge in [-0.15, -0.1) is 6.42 Å². The summed E-state index contributed by atoms with van der Waals surface area (Å²) in [6, 6.07) is 0. The van der Waals surface area contributed by atoms with E-state index in [-0.39, 0.29) is 12.5 Å². The molecule has 0 saturated carbocycles. The number of terminal acetylenes is 1. The van der Waals surface area contributed by atoms with Gasteiger partial charge in [-0.05, 0) is 25.7 Å². The summed E-state index contributed by atoms with van der Waals surface area (Å²) < 4.78 is 0. The standard InChI is InChI=1S/C10H12ClNO/c1-2-7-12-10(13)8-5-3-4-6-9(8)11/h1H,3-7H2,(H,12,13). The van der Waals surface area contributed by atoms with Crippen molar-refractivity contribution in [3.63, 3.8) is 0 Å². The molecule has 0 aromatic rings. The maximum atomic E-state index is 11.4. The highest BCUT2D eigenvalue weighted by Gasteiger charge is 2.16. The van der Waals surface area contributed by atoms with Gasteiger partial charge in [0.1, 0.15) is 0 Å². The van der Waals surface area contributed by atoms with Gasteiger partial charge in [0, 0.05) is 10.6 Å². The number of hydrogen-bond donors (Lipinski definition) is 1. The molecule has 0 heterocycles. The van der Waals surface area contributed by atoms with Crippen molar-refractivity contribution in [2.75, 3.05) is 6.54 Å². The van der Waals surface area contributed by atoms with Crippen LogP contribution >= 0.6 is 11.6 Å². The van der Waals surface area contributed by atoms with Gasteiger partial charge in [-0.2, -0.15) is 0 Å². The topological polar surface area (TPSA) is 29.1 Å². The van der Waals surface area contributed by atoms with E-state index < -0.39 is 0 Å². The molecule has 0 unspecified atom stereocenters. The van der Waals surface area contributed by atoms with Crippen LogP contribution in [0, 0.1) is 12.3 Å². The molecule has 1 rings (SSSR count). The molecule has 13 heavy (non-hydrogen) atoms. The van der Waals surface area contributed by atoms with Crippen molar-refractivity contribution >= 4 is 17.5 Å². The van der Waals surface area contributed by atoms with Crippen molar-refractivity contribution in [1.82, 2.24) is 5.32 Å². The summed E-state index contributed by atoms with van der Waals surface area (Å²) in [5.74, 6) is 2.25. The molecule has 1 N–H and O–H groups in total. The molecule has 0 fully saturated rings. The fraction of sp³-hybridized carbons (Fsp3) is 0.500. The zero-order chi connectivity index (χ0) is 9.68. The van der Waals surface area contributed by atoms with Gasteiger partial charge >= 0.3 is 0 Å². The molecule has 1 aliphatic carbocycles. The third-order valence-electron chi connectivity index (χ3n) is 2.03. The van der Waals surface area contributed by atoms with Gasteiger partial charge in [0.2, 0.25) is 5.91 Å². The average Bonchev–Trinajstić information content (AvgIpc) is 2.15. The predicted octanol–water partition coefficient (Wildman–Crippen LogP) is 1.80. The lowest BCUT2D eigenvalue weighted by molar-refractivity contribution is -0.117. The van der Waals surface area contributed by atoms with Crippen molar-refractivity contribution in [1.29, 1.82) is 0 Å². The molecule has 0 bridgehead atoms. The number of carbonyl (C=O) groups excluding carboxylic acids is 1. The Balaban J connectivity index is 2.59. The molecule has 70 valence electrons. The summed E-state index contributed by atoms with van der Waals surface area (Å²) in [7, 11) is 0. The molecule has 0 spiro atoms. The second-order valence-electron chi connectivity index (χ2n) is 2.98. The highest BCUT2D eigenvalue weighted by molar-refractivity contribution is 6.32. The molecule has 0 radical (unpaired) electrons. The second kappa shape index (κ2) is 4.94. The van der Waals surface area contributed by atoms with E-state index in [1.54, 1.807) is 0 Å². The van der Waals surface area contributed by atoms with E-state index in [1.165, 1.54) is 0 Å². The minimum absolute atomic E-state index is 0.109. The van der Waals surface area contributed by atoms with Gasteiger partial charge in [-0.25, -0.2) is 0 Å². The van der Waals surface area contributed by atoms with Gasteiger partial charge in [0.05, 0.1) is 6.54 Å². The van der Waals surface area contributed by atoms with E-state index in [4.69, 9.17) is 18.0 Å². The Morgan fingerprint density at radius 2 is 2.23 bits per heavy atom. The van der Waals surface area contributed by atoms with Crippen molar-refractivity contribution in [2.24, 2.45) is 0 Å². The largest absolute Gasteiger partial charge is 0.341 e. The van der Waals surface area contributed by atoms with Crippen molar-refractivity contribution in [3.8, 4) is 12.3 Å². The van der Waals surface area contributed by atoms with Crippen LogP contribution in [-0.4, -0.2) is 12.5 Å². The fourth-order valence-corrected chi connectivity index (χ4v) is 1.66. The number of carbonyl (C=O) groups is 1. The first-order valence-corrected chi connectivity index (χ1v) is 4.72. The Morgan fingerprint density at radius 3 is 2.85 bits per heavy atom. The highest BCUT2D eigenvalue weighted by Crippen LogP contribution is 2.27. The van der Waals surface area contributed by atoms with Crippen LogP contribution in [0.3, 0.4) is 0 Å². The quantitative estimate of drug-likeness (QED) is 0.673. The predicted molar refractivity (Wildman–Crippen MR) is 53.2 cm³/mol. The Morgan fingerprint density at radius 1 is 1.54 bits per heavy atom. The monoisotopic (exact) mass is 197 g/mol. The van der Waals surface area contributed by atoms with Gasteiger partial charge in [-0.1, -0.05) is 17.5 Å². The average molecular weight is 198 g/mol. The van der Waals surface area contributed by atoms with E-state index in [0.29, 0.717) is 10.6 Å². The van der Waals surface area contributed by atoms with Crippen LogP contribution in [0.25, 0.3) is 0 Å². The van der Waals surface area contributed by atoms with Crippen LogP contribution in [-0.2, 0) is 4.79 Å².